The van der Waals surface area contributed by atoms with Gasteiger partial charge >= 0.3 is 0 Å². The molecule has 2 aromatic carbocycles. The molecule has 2 rings (SSSR count). The van der Waals surface area contributed by atoms with Crippen molar-refractivity contribution in [3.8, 4) is 0 Å². The maximum Gasteiger partial charge on any atom is 0.255 e. The number of hydrogen-bond donors (Lipinski definition) is 4. The normalized spacial score (nSPS) is 10.9. The minimum absolute atomic E-state index is 0.0728. The lowest BCUT2D eigenvalue weighted by molar-refractivity contribution is 0.102. The number of sulfonamides is 1. The molecule has 0 saturated heterocycles. The van der Waals surface area contributed by atoms with Gasteiger partial charge in [-0.1, -0.05) is 6.07 Å². The van der Waals surface area contributed by atoms with E-state index < -0.39 is 10.0 Å². The minimum Gasteiger partial charge on any atom is -0.385 e. The number of rotatable bonds is 8. The van der Waals surface area contributed by atoms with Gasteiger partial charge < -0.3 is 20.7 Å². The van der Waals surface area contributed by atoms with Gasteiger partial charge in [-0.15, -0.1) is 0 Å². The van der Waals surface area contributed by atoms with Crippen LogP contribution in [0.2, 0.25) is 0 Å². The molecule has 2 aromatic rings. The number of thiocarbonyl (C=S) groups is 1. The van der Waals surface area contributed by atoms with Crippen LogP contribution in [0.4, 0.5) is 11.4 Å². The topological polar surface area (TPSA) is 123 Å². The fourth-order valence-corrected chi connectivity index (χ4v) is 3.03. The molecule has 0 atom stereocenters. The highest BCUT2D eigenvalue weighted by Gasteiger charge is 2.11. The third-order valence-corrected chi connectivity index (χ3v) is 4.79. The Balaban J connectivity index is 1.94. The molecular formula is C18H22N4O4S2. The van der Waals surface area contributed by atoms with Crippen LogP contribution in [0.3, 0.4) is 0 Å². The fourth-order valence-electron chi connectivity index (χ4n) is 2.25. The van der Waals surface area contributed by atoms with Crippen LogP contribution in [-0.2, 0) is 14.8 Å². The third kappa shape index (κ3) is 6.89. The van der Waals surface area contributed by atoms with Crippen molar-refractivity contribution in [3.05, 3.63) is 54.1 Å². The van der Waals surface area contributed by atoms with Crippen molar-refractivity contribution in [2.24, 2.45) is 5.14 Å². The molecule has 8 nitrogen and oxygen atoms in total. The van der Waals surface area contributed by atoms with Crippen LogP contribution in [-0.4, -0.2) is 39.7 Å². The van der Waals surface area contributed by atoms with Crippen molar-refractivity contribution in [3.63, 3.8) is 0 Å². The first-order valence-corrected chi connectivity index (χ1v) is 10.3. The number of primary sulfonamides is 1. The average Bonchev–Trinajstić information content (AvgIpc) is 2.65. The zero-order valence-corrected chi connectivity index (χ0v) is 16.9. The number of anilines is 2. The first kappa shape index (κ1) is 21.8. The summed E-state index contributed by atoms with van der Waals surface area (Å²) >= 11 is 5.20. The Morgan fingerprint density at radius 1 is 1.11 bits per heavy atom. The number of amides is 1. The van der Waals surface area contributed by atoms with Crippen molar-refractivity contribution >= 4 is 44.6 Å². The second-order valence-electron chi connectivity index (χ2n) is 5.83. The maximum absolute atomic E-state index is 12.3. The summed E-state index contributed by atoms with van der Waals surface area (Å²) in [5.41, 5.74) is 1.47. The predicted molar refractivity (Wildman–Crippen MR) is 113 cm³/mol. The lowest BCUT2D eigenvalue weighted by Crippen LogP contribution is -2.29. The molecule has 0 spiro atoms. The van der Waals surface area contributed by atoms with Gasteiger partial charge in [0, 0.05) is 37.2 Å². The molecule has 28 heavy (non-hydrogen) atoms. The Bertz CT molecular complexity index is 931. The van der Waals surface area contributed by atoms with Gasteiger partial charge in [-0.3, -0.25) is 4.79 Å². The standard InChI is InChI=1S/C18H22N4O4S2/c1-26-11-3-10-20-18(27)22-14-8-6-13(7-9-14)17(23)21-15-4-2-5-16(12-15)28(19,24)25/h2,4-9,12H,3,10-11H2,1H3,(H,21,23)(H2,19,24,25)(H2,20,22,27). The largest absolute Gasteiger partial charge is 0.385 e. The average molecular weight is 423 g/mol. The smallest absolute Gasteiger partial charge is 0.255 e. The molecule has 0 aliphatic heterocycles. The summed E-state index contributed by atoms with van der Waals surface area (Å²) in [4.78, 5) is 12.3. The molecule has 10 heteroatoms. The molecule has 0 unspecified atom stereocenters. The van der Waals surface area contributed by atoms with E-state index in [1.807, 2.05) is 0 Å². The molecule has 5 N–H and O–H groups in total. The Hall–Kier alpha value is -2.53. The quantitative estimate of drug-likeness (QED) is 0.379. The van der Waals surface area contributed by atoms with Crippen LogP contribution in [0.1, 0.15) is 16.8 Å². The van der Waals surface area contributed by atoms with E-state index in [-0.39, 0.29) is 10.8 Å². The van der Waals surface area contributed by atoms with Crippen LogP contribution in [0, 0.1) is 0 Å². The first-order valence-electron chi connectivity index (χ1n) is 8.37. The van der Waals surface area contributed by atoms with E-state index in [9.17, 15) is 13.2 Å². The van der Waals surface area contributed by atoms with E-state index in [2.05, 4.69) is 16.0 Å². The molecule has 1 amide bonds. The Morgan fingerprint density at radius 3 is 2.46 bits per heavy atom. The third-order valence-electron chi connectivity index (χ3n) is 3.64. The van der Waals surface area contributed by atoms with Crippen LogP contribution in [0.5, 0.6) is 0 Å². The molecule has 0 aliphatic carbocycles. The van der Waals surface area contributed by atoms with Crippen LogP contribution in [0.25, 0.3) is 0 Å². The van der Waals surface area contributed by atoms with Gasteiger partial charge in [0.05, 0.1) is 4.90 Å². The molecule has 0 aromatic heterocycles. The van der Waals surface area contributed by atoms with Gasteiger partial charge in [-0.05, 0) is 61.1 Å². The van der Waals surface area contributed by atoms with E-state index in [0.29, 0.717) is 29.5 Å². The Kier molecular flexibility index (Phi) is 7.88. The van der Waals surface area contributed by atoms with E-state index in [1.165, 1.54) is 18.2 Å². The van der Waals surface area contributed by atoms with Crippen molar-refractivity contribution in [2.45, 2.75) is 11.3 Å². The molecule has 0 heterocycles. The lowest BCUT2D eigenvalue weighted by atomic mass is 10.2. The van der Waals surface area contributed by atoms with Crippen LogP contribution < -0.4 is 21.1 Å². The summed E-state index contributed by atoms with van der Waals surface area (Å²) in [5.74, 6) is -0.376. The zero-order chi connectivity index (χ0) is 20.6. The monoisotopic (exact) mass is 422 g/mol. The fraction of sp³-hybridized carbons (Fsp3) is 0.222. The molecule has 0 radical (unpaired) electrons. The van der Waals surface area contributed by atoms with Gasteiger partial charge in [-0.25, -0.2) is 13.6 Å². The predicted octanol–water partition coefficient (Wildman–Crippen LogP) is 1.91. The SMILES string of the molecule is COCCCNC(=S)Nc1ccc(C(=O)Nc2cccc(S(N)(=O)=O)c2)cc1. The Labute approximate surface area is 169 Å². The summed E-state index contributed by atoms with van der Waals surface area (Å²) < 4.78 is 27.8. The van der Waals surface area contributed by atoms with Crippen molar-refractivity contribution in [1.82, 2.24) is 5.32 Å². The second-order valence-corrected chi connectivity index (χ2v) is 7.80. The van der Waals surface area contributed by atoms with Crippen molar-refractivity contribution in [2.75, 3.05) is 30.9 Å². The van der Waals surface area contributed by atoms with Gasteiger partial charge in [0.2, 0.25) is 10.0 Å². The zero-order valence-electron chi connectivity index (χ0n) is 15.3. The van der Waals surface area contributed by atoms with E-state index in [0.717, 1.165) is 12.1 Å². The molecule has 0 bridgehead atoms. The van der Waals surface area contributed by atoms with Gasteiger partial charge in [0.1, 0.15) is 0 Å². The summed E-state index contributed by atoms with van der Waals surface area (Å²) in [6.45, 7) is 1.34. The number of nitrogens with two attached hydrogens (primary N) is 1. The van der Waals surface area contributed by atoms with E-state index in [1.54, 1.807) is 37.4 Å². The van der Waals surface area contributed by atoms with Crippen molar-refractivity contribution < 1.29 is 17.9 Å². The number of hydrogen-bond acceptors (Lipinski definition) is 5. The minimum atomic E-state index is -3.84. The summed E-state index contributed by atoms with van der Waals surface area (Å²) in [6.07, 6.45) is 0.837. The molecule has 150 valence electrons. The highest BCUT2D eigenvalue weighted by Crippen LogP contribution is 2.16. The van der Waals surface area contributed by atoms with Gasteiger partial charge in [0.25, 0.3) is 5.91 Å². The number of methoxy groups -OCH3 is 1. The molecular weight excluding hydrogens is 400 g/mol. The highest BCUT2D eigenvalue weighted by atomic mass is 32.2. The number of ether oxygens (including phenoxy) is 1. The summed E-state index contributed by atoms with van der Waals surface area (Å²) in [5, 5.41) is 14.3. The van der Waals surface area contributed by atoms with Gasteiger partial charge in [-0.2, -0.15) is 0 Å². The van der Waals surface area contributed by atoms with Crippen molar-refractivity contribution in [1.29, 1.82) is 0 Å². The molecule has 0 aliphatic rings. The number of benzene rings is 2. The first-order chi connectivity index (χ1) is 13.3. The summed E-state index contributed by atoms with van der Waals surface area (Å²) in [6, 6.07) is 12.5. The summed E-state index contributed by atoms with van der Waals surface area (Å²) in [7, 11) is -2.19. The van der Waals surface area contributed by atoms with Crippen LogP contribution in [0.15, 0.2) is 53.4 Å². The lowest BCUT2D eigenvalue weighted by Gasteiger charge is -2.11. The molecule has 0 saturated carbocycles. The number of nitrogens with one attached hydrogen (secondary N) is 3. The highest BCUT2D eigenvalue weighted by molar-refractivity contribution is 7.89. The Morgan fingerprint density at radius 2 is 1.82 bits per heavy atom. The van der Waals surface area contributed by atoms with Crippen LogP contribution >= 0.6 is 12.2 Å². The number of carbonyl (C=O) groups is 1. The number of carbonyl (C=O) groups excluding carboxylic acids is 1. The molecule has 0 fully saturated rings. The van der Waals surface area contributed by atoms with E-state index in [4.69, 9.17) is 22.1 Å². The van der Waals surface area contributed by atoms with Gasteiger partial charge in [0.15, 0.2) is 5.11 Å². The maximum atomic E-state index is 12.3. The van der Waals surface area contributed by atoms with E-state index >= 15 is 0 Å². The second kappa shape index (κ2) is 10.1.